The smallest absolute Gasteiger partial charge is 0.312 e. The van der Waals surface area contributed by atoms with E-state index in [-0.39, 0.29) is 30.2 Å². The first-order valence-electron chi connectivity index (χ1n) is 9.34. The first kappa shape index (κ1) is 18.1. The molecule has 0 aliphatic heterocycles. The van der Waals surface area contributed by atoms with Crippen LogP contribution in [0, 0.1) is 0 Å². The Morgan fingerprint density at radius 2 is 1.63 bits per heavy atom. The predicted molar refractivity (Wildman–Crippen MR) is 100 cm³/mol. The molecule has 0 saturated heterocycles. The molecule has 2 aliphatic carbocycles. The molecule has 1 heterocycles. The van der Waals surface area contributed by atoms with Gasteiger partial charge in [-0.2, -0.15) is 8.42 Å². The monoisotopic (exact) mass is 387 g/mol. The molecule has 0 bridgehead atoms. The normalized spacial score (nSPS) is 19.7. The number of carbonyl (C=O) groups is 2. The van der Waals surface area contributed by atoms with E-state index in [0.717, 1.165) is 19.3 Å². The van der Waals surface area contributed by atoms with Gasteiger partial charge in [0.1, 0.15) is 23.0 Å². The summed E-state index contributed by atoms with van der Waals surface area (Å²) in [6.45, 7) is 0. The Morgan fingerprint density at radius 3 is 2.33 bits per heavy atom. The van der Waals surface area contributed by atoms with Crippen molar-refractivity contribution < 1.29 is 22.2 Å². The number of pyridine rings is 1. The van der Waals surface area contributed by atoms with E-state index >= 15 is 0 Å². The number of nitrogens with zero attached hydrogens (tertiary/aromatic N) is 1. The average molecular weight is 387 g/mol. The predicted octanol–water partition coefficient (Wildman–Crippen LogP) is 3.29. The topological polar surface area (TPSA) is 90.4 Å². The molecule has 0 radical (unpaired) electrons. The van der Waals surface area contributed by atoms with Crippen LogP contribution in [0.25, 0.3) is 10.9 Å². The van der Waals surface area contributed by atoms with Crippen molar-refractivity contribution in [3.05, 3.63) is 36.0 Å². The summed E-state index contributed by atoms with van der Waals surface area (Å²) in [4.78, 5) is 28.6. The lowest BCUT2D eigenvalue weighted by Crippen LogP contribution is -2.28. The number of Topliss-reactive ketones (excluding diaryl/α,β-unsaturated/α-hetero) is 2. The van der Waals surface area contributed by atoms with Crippen LogP contribution in [0.4, 0.5) is 0 Å². The summed E-state index contributed by atoms with van der Waals surface area (Å²) in [7, 11) is -3.76. The zero-order valence-electron chi connectivity index (χ0n) is 14.9. The SMILES string of the molecule is O=C1CCC(=O)C1c1ccc2cccc(OS(=O)(=O)C3CCCCC3)c2n1. The highest BCUT2D eigenvalue weighted by Gasteiger charge is 2.35. The third-order valence-corrected chi connectivity index (χ3v) is 7.13. The Kier molecular flexibility index (Phi) is 4.72. The molecular weight excluding hydrogens is 366 g/mol. The summed E-state index contributed by atoms with van der Waals surface area (Å²) in [5.41, 5.74) is 0.725. The molecule has 1 aromatic heterocycles. The van der Waals surface area contributed by atoms with Crippen molar-refractivity contribution in [1.29, 1.82) is 0 Å². The van der Waals surface area contributed by atoms with Gasteiger partial charge in [-0.05, 0) is 25.0 Å². The lowest BCUT2D eigenvalue weighted by Gasteiger charge is -2.21. The number of carbonyl (C=O) groups excluding carboxylic acids is 2. The first-order chi connectivity index (χ1) is 13.0. The summed E-state index contributed by atoms with van der Waals surface area (Å²) in [6.07, 6.45) is 4.51. The number of benzene rings is 1. The van der Waals surface area contributed by atoms with Crippen LogP contribution < -0.4 is 4.18 Å². The lowest BCUT2D eigenvalue weighted by molar-refractivity contribution is -0.123. The van der Waals surface area contributed by atoms with E-state index in [1.54, 1.807) is 30.3 Å². The molecule has 142 valence electrons. The minimum Gasteiger partial charge on any atom is -0.380 e. The van der Waals surface area contributed by atoms with Crippen molar-refractivity contribution >= 4 is 32.6 Å². The Hall–Kier alpha value is -2.28. The van der Waals surface area contributed by atoms with Gasteiger partial charge in [0.05, 0.1) is 10.9 Å². The molecule has 0 unspecified atom stereocenters. The maximum absolute atomic E-state index is 12.7. The summed E-state index contributed by atoms with van der Waals surface area (Å²) >= 11 is 0. The van der Waals surface area contributed by atoms with Gasteiger partial charge >= 0.3 is 10.1 Å². The highest BCUT2D eigenvalue weighted by molar-refractivity contribution is 7.87. The van der Waals surface area contributed by atoms with Gasteiger partial charge < -0.3 is 4.18 Å². The molecule has 0 N–H and O–H groups in total. The summed E-state index contributed by atoms with van der Waals surface area (Å²) < 4.78 is 30.8. The van der Waals surface area contributed by atoms with E-state index in [4.69, 9.17) is 4.18 Å². The van der Waals surface area contributed by atoms with Crippen molar-refractivity contribution in [3.63, 3.8) is 0 Å². The molecule has 7 heteroatoms. The third kappa shape index (κ3) is 3.48. The molecule has 27 heavy (non-hydrogen) atoms. The second-order valence-corrected chi connectivity index (χ2v) is 9.08. The number of para-hydroxylation sites is 1. The van der Waals surface area contributed by atoms with Gasteiger partial charge in [-0.1, -0.05) is 37.5 Å². The zero-order valence-corrected chi connectivity index (χ0v) is 15.7. The second-order valence-electron chi connectivity index (χ2n) is 7.27. The van der Waals surface area contributed by atoms with Crippen LogP contribution in [0.3, 0.4) is 0 Å². The molecule has 2 saturated carbocycles. The van der Waals surface area contributed by atoms with E-state index < -0.39 is 21.3 Å². The number of rotatable bonds is 4. The van der Waals surface area contributed by atoms with Crippen LogP contribution >= 0.6 is 0 Å². The quantitative estimate of drug-likeness (QED) is 0.591. The maximum Gasteiger partial charge on any atom is 0.312 e. The number of fused-ring (bicyclic) bond motifs is 1. The Morgan fingerprint density at radius 1 is 0.926 bits per heavy atom. The number of aromatic nitrogens is 1. The van der Waals surface area contributed by atoms with Crippen molar-refractivity contribution in [2.24, 2.45) is 0 Å². The van der Waals surface area contributed by atoms with E-state index in [0.29, 0.717) is 29.4 Å². The lowest BCUT2D eigenvalue weighted by atomic mass is 10.0. The fraction of sp³-hybridized carbons (Fsp3) is 0.450. The fourth-order valence-corrected chi connectivity index (χ4v) is 5.39. The van der Waals surface area contributed by atoms with Crippen LogP contribution in [-0.4, -0.2) is 30.2 Å². The summed E-state index contributed by atoms with van der Waals surface area (Å²) in [5.74, 6) is -0.977. The number of hydrogen-bond acceptors (Lipinski definition) is 6. The molecule has 2 aromatic rings. The Bertz CT molecular complexity index is 992. The van der Waals surface area contributed by atoms with Crippen molar-refractivity contribution in [3.8, 4) is 5.75 Å². The van der Waals surface area contributed by atoms with Crippen LogP contribution in [0.5, 0.6) is 5.75 Å². The van der Waals surface area contributed by atoms with Crippen molar-refractivity contribution in [1.82, 2.24) is 4.98 Å². The molecule has 4 rings (SSSR count). The Labute approximate surface area is 158 Å². The third-order valence-electron chi connectivity index (χ3n) is 5.43. The molecule has 6 nitrogen and oxygen atoms in total. The molecule has 2 aliphatic rings. The van der Waals surface area contributed by atoms with E-state index in [9.17, 15) is 18.0 Å². The molecular formula is C20H21NO5S. The Balaban J connectivity index is 1.71. The molecule has 1 aromatic carbocycles. The first-order valence-corrected chi connectivity index (χ1v) is 10.8. The minimum atomic E-state index is -3.76. The second kappa shape index (κ2) is 7.03. The summed E-state index contributed by atoms with van der Waals surface area (Å²) in [5, 5.41) is 0.204. The van der Waals surface area contributed by atoms with Crippen LogP contribution in [0.2, 0.25) is 0 Å². The van der Waals surface area contributed by atoms with Gasteiger partial charge in [-0.3, -0.25) is 9.59 Å². The van der Waals surface area contributed by atoms with Gasteiger partial charge in [0.15, 0.2) is 5.75 Å². The number of ketones is 2. The zero-order chi connectivity index (χ0) is 19.0. The van der Waals surface area contributed by atoms with Crippen molar-refractivity contribution in [2.45, 2.75) is 56.1 Å². The largest absolute Gasteiger partial charge is 0.380 e. The summed E-state index contributed by atoms with van der Waals surface area (Å²) in [6, 6.07) is 8.48. The molecule has 0 atom stereocenters. The van der Waals surface area contributed by atoms with E-state index in [2.05, 4.69) is 4.98 Å². The number of hydrogen-bond donors (Lipinski definition) is 0. The van der Waals surface area contributed by atoms with E-state index in [1.165, 1.54) is 0 Å². The standard InChI is InChI=1S/C20H21NO5S/c22-16-11-12-17(23)19(16)15-10-9-13-5-4-8-18(20(13)21-15)26-27(24,25)14-6-2-1-3-7-14/h4-5,8-10,14,19H,1-3,6-7,11-12H2. The van der Waals surface area contributed by atoms with Gasteiger partial charge in [0.25, 0.3) is 0 Å². The van der Waals surface area contributed by atoms with Crippen molar-refractivity contribution in [2.75, 3.05) is 0 Å². The fourth-order valence-electron chi connectivity index (χ4n) is 3.95. The van der Waals surface area contributed by atoms with Gasteiger partial charge in [-0.25, -0.2) is 4.98 Å². The van der Waals surface area contributed by atoms with Crippen LogP contribution in [-0.2, 0) is 19.7 Å². The van der Waals surface area contributed by atoms with Crippen LogP contribution in [0.15, 0.2) is 30.3 Å². The maximum atomic E-state index is 12.7. The van der Waals surface area contributed by atoms with Gasteiger partial charge in [0, 0.05) is 18.2 Å². The highest BCUT2D eigenvalue weighted by Crippen LogP contribution is 2.33. The molecule has 2 fully saturated rings. The average Bonchev–Trinajstić information content (AvgIpc) is 3.00. The van der Waals surface area contributed by atoms with Crippen LogP contribution in [0.1, 0.15) is 56.6 Å². The van der Waals surface area contributed by atoms with E-state index in [1.807, 2.05) is 0 Å². The highest BCUT2D eigenvalue weighted by atomic mass is 32.2. The molecule has 0 spiro atoms. The van der Waals surface area contributed by atoms with Gasteiger partial charge in [0.2, 0.25) is 0 Å². The molecule has 0 amide bonds. The minimum absolute atomic E-state index is 0.139. The van der Waals surface area contributed by atoms with Gasteiger partial charge in [-0.15, -0.1) is 0 Å².